The average molecular weight is 286 g/mol. The molecule has 2 rings (SSSR count). The van der Waals surface area contributed by atoms with Crippen LogP contribution in [0.3, 0.4) is 0 Å². The van der Waals surface area contributed by atoms with Crippen LogP contribution in [0.1, 0.15) is 32.4 Å². The predicted molar refractivity (Wildman–Crippen MR) is 85.1 cm³/mol. The van der Waals surface area contributed by atoms with E-state index in [1.165, 1.54) is 0 Å². The van der Waals surface area contributed by atoms with Gasteiger partial charge in [0.2, 0.25) is 0 Å². The highest BCUT2D eigenvalue weighted by molar-refractivity contribution is 5.86. The molecule has 4 nitrogen and oxygen atoms in total. The summed E-state index contributed by atoms with van der Waals surface area (Å²) in [6.45, 7) is 5.83. The van der Waals surface area contributed by atoms with Gasteiger partial charge in [-0.15, -0.1) is 0 Å². The molecular formula is C17H22N2O2. The summed E-state index contributed by atoms with van der Waals surface area (Å²) < 4.78 is 5.21. The molecule has 2 aromatic rings. The van der Waals surface area contributed by atoms with Gasteiger partial charge in [0.05, 0.1) is 0 Å². The molecule has 1 amide bonds. The minimum absolute atomic E-state index is 0.274. The van der Waals surface area contributed by atoms with Crippen LogP contribution in [-0.4, -0.2) is 18.2 Å². The zero-order valence-electron chi connectivity index (χ0n) is 12.7. The SMILES string of the molecule is CC(C)(C)OC(=O)NCC(N)c1cccc2ccccc12. The Balaban J connectivity index is 2.06. The Morgan fingerprint density at radius 2 is 1.86 bits per heavy atom. The van der Waals surface area contributed by atoms with Crippen molar-refractivity contribution in [3.63, 3.8) is 0 Å². The van der Waals surface area contributed by atoms with Gasteiger partial charge in [-0.25, -0.2) is 4.79 Å². The van der Waals surface area contributed by atoms with Crippen molar-refractivity contribution >= 4 is 16.9 Å². The molecule has 0 spiro atoms. The van der Waals surface area contributed by atoms with Crippen LogP contribution in [0.25, 0.3) is 10.8 Å². The van der Waals surface area contributed by atoms with E-state index in [-0.39, 0.29) is 6.04 Å². The highest BCUT2D eigenvalue weighted by atomic mass is 16.6. The van der Waals surface area contributed by atoms with Crippen LogP contribution in [0.2, 0.25) is 0 Å². The monoisotopic (exact) mass is 286 g/mol. The second-order valence-electron chi connectivity index (χ2n) is 6.06. The molecule has 4 heteroatoms. The van der Waals surface area contributed by atoms with Gasteiger partial charge in [0, 0.05) is 12.6 Å². The molecule has 0 saturated heterocycles. The van der Waals surface area contributed by atoms with Gasteiger partial charge < -0.3 is 15.8 Å². The maximum absolute atomic E-state index is 11.7. The van der Waals surface area contributed by atoms with Gasteiger partial charge in [-0.1, -0.05) is 42.5 Å². The molecule has 0 aliphatic heterocycles. The van der Waals surface area contributed by atoms with Gasteiger partial charge in [-0.3, -0.25) is 0 Å². The first-order valence-corrected chi connectivity index (χ1v) is 7.07. The summed E-state index contributed by atoms with van der Waals surface area (Å²) in [7, 11) is 0. The first-order valence-electron chi connectivity index (χ1n) is 7.07. The van der Waals surface area contributed by atoms with E-state index in [0.717, 1.165) is 16.3 Å². The lowest BCUT2D eigenvalue weighted by Crippen LogP contribution is -2.36. The molecule has 0 aromatic heterocycles. The molecule has 21 heavy (non-hydrogen) atoms. The van der Waals surface area contributed by atoms with Gasteiger partial charge in [0.25, 0.3) is 0 Å². The molecule has 1 atom stereocenters. The number of alkyl carbamates (subject to hydrolysis) is 1. The number of carbonyl (C=O) groups excluding carboxylic acids is 1. The summed E-state index contributed by atoms with van der Waals surface area (Å²) in [6.07, 6.45) is -0.446. The van der Waals surface area contributed by atoms with Crippen molar-refractivity contribution in [2.75, 3.05) is 6.54 Å². The number of hydrogen-bond acceptors (Lipinski definition) is 3. The van der Waals surface area contributed by atoms with E-state index < -0.39 is 11.7 Å². The minimum Gasteiger partial charge on any atom is -0.444 e. The normalized spacial score (nSPS) is 13.0. The summed E-state index contributed by atoms with van der Waals surface area (Å²) in [5, 5.41) is 4.97. The largest absolute Gasteiger partial charge is 0.444 e. The molecule has 0 aliphatic rings. The number of amides is 1. The topological polar surface area (TPSA) is 64.3 Å². The van der Waals surface area contributed by atoms with Crippen LogP contribution < -0.4 is 11.1 Å². The van der Waals surface area contributed by atoms with Crippen LogP contribution in [0.4, 0.5) is 4.79 Å². The Bertz CT molecular complexity index is 627. The lowest BCUT2D eigenvalue weighted by Gasteiger charge is -2.21. The first kappa shape index (κ1) is 15.3. The van der Waals surface area contributed by atoms with E-state index in [1.807, 2.05) is 63.2 Å². The van der Waals surface area contributed by atoms with E-state index in [1.54, 1.807) is 0 Å². The van der Waals surface area contributed by atoms with Crippen molar-refractivity contribution in [1.82, 2.24) is 5.32 Å². The summed E-state index contributed by atoms with van der Waals surface area (Å²) >= 11 is 0. The third-order valence-corrected chi connectivity index (χ3v) is 3.09. The third-order valence-electron chi connectivity index (χ3n) is 3.09. The number of fused-ring (bicyclic) bond motifs is 1. The molecular weight excluding hydrogens is 264 g/mol. The molecule has 112 valence electrons. The summed E-state index contributed by atoms with van der Waals surface area (Å²) in [5.74, 6) is 0. The highest BCUT2D eigenvalue weighted by Crippen LogP contribution is 2.22. The Morgan fingerprint density at radius 1 is 1.19 bits per heavy atom. The predicted octanol–water partition coefficient (Wildman–Crippen LogP) is 3.36. The number of nitrogens with two attached hydrogens (primary N) is 1. The first-order chi connectivity index (χ1) is 9.87. The van der Waals surface area contributed by atoms with Crippen LogP contribution in [-0.2, 0) is 4.74 Å². The Kier molecular flexibility index (Phi) is 4.48. The lowest BCUT2D eigenvalue weighted by molar-refractivity contribution is 0.0524. The molecule has 0 saturated carbocycles. The van der Waals surface area contributed by atoms with Crippen LogP contribution in [0.5, 0.6) is 0 Å². The fourth-order valence-electron chi connectivity index (χ4n) is 2.19. The third kappa shape index (κ3) is 4.20. The number of carbonyl (C=O) groups is 1. The van der Waals surface area contributed by atoms with E-state index >= 15 is 0 Å². The molecule has 3 N–H and O–H groups in total. The zero-order valence-corrected chi connectivity index (χ0v) is 12.7. The summed E-state index contributed by atoms with van der Waals surface area (Å²) in [5.41, 5.74) is 6.71. The Labute approximate surface area is 125 Å². The fourth-order valence-corrected chi connectivity index (χ4v) is 2.19. The second kappa shape index (κ2) is 6.14. The molecule has 0 aliphatic carbocycles. The van der Waals surface area contributed by atoms with Crippen molar-refractivity contribution in [2.45, 2.75) is 32.4 Å². The van der Waals surface area contributed by atoms with E-state index in [2.05, 4.69) is 5.32 Å². The molecule has 2 aromatic carbocycles. The van der Waals surface area contributed by atoms with Crippen LogP contribution in [0, 0.1) is 0 Å². The fraction of sp³-hybridized carbons (Fsp3) is 0.353. The molecule has 0 bridgehead atoms. The Hall–Kier alpha value is -2.07. The lowest BCUT2D eigenvalue weighted by atomic mass is 9.99. The Morgan fingerprint density at radius 3 is 2.57 bits per heavy atom. The van der Waals surface area contributed by atoms with Crippen LogP contribution >= 0.6 is 0 Å². The number of nitrogens with one attached hydrogen (secondary N) is 1. The summed E-state index contributed by atoms with van der Waals surface area (Å²) in [4.78, 5) is 11.7. The molecule has 0 radical (unpaired) electrons. The van der Waals surface area contributed by atoms with Crippen molar-refractivity contribution in [3.05, 3.63) is 48.0 Å². The zero-order chi connectivity index (χ0) is 15.5. The minimum atomic E-state index is -0.506. The van der Waals surface area contributed by atoms with Crippen molar-refractivity contribution < 1.29 is 9.53 Å². The van der Waals surface area contributed by atoms with E-state index in [0.29, 0.717) is 6.54 Å². The maximum Gasteiger partial charge on any atom is 0.407 e. The second-order valence-corrected chi connectivity index (χ2v) is 6.06. The van der Waals surface area contributed by atoms with Gasteiger partial charge in [0.1, 0.15) is 5.60 Å². The van der Waals surface area contributed by atoms with Gasteiger partial charge in [0.15, 0.2) is 0 Å². The molecule has 0 heterocycles. The number of ether oxygens (including phenoxy) is 1. The van der Waals surface area contributed by atoms with E-state index in [9.17, 15) is 4.79 Å². The quantitative estimate of drug-likeness (QED) is 0.909. The van der Waals surface area contributed by atoms with Crippen molar-refractivity contribution in [2.24, 2.45) is 5.73 Å². The smallest absolute Gasteiger partial charge is 0.407 e. The maximum atomic E-state index is 11.7. The van der Waals surface area contributed by atoms with Crippen LogP contribution in [0.15, 0.2) is 42.5 Å². The van der Waals surface area contributed by atoms with Gasteiger partial charge in [-0.05, 0) is 37.1 Å². The standard InChI is InChI=1S/C17H22N2O2/c1-17(2,3)21-16(20)19-11-15(18)14-10-6-8-12-7-4-5-9-13(12)14/h4-10,15H,11,18H2,1-3H3,(H,19,20). The van der Waals surface area contributed by atoms with Gasteiger partial charge >= 0.3 is 6.09 Å². The average Bonchev–Trinajstić information content (AvgIpc) is 2.42. The number of hydrogen-bond donors (Lipinski definition) is 2. The summed E-state index contributed by atoms with van der Waals surface area (Å²) in [6, 6.07) is 13.8. The van der Waals surface area contributed by atoms with Gasteiger partial charge in [-0.2, -0.15) is 0 Å². The van der Waals surface area contributed by atoms with E-state index in [4.69, 9.17) is 10.5 Å². The highest BCUT2D eigenvalue weighted by Gasteiger charge is 2.17. The number of benzene rings is 2. The molecule has 1 unspecified atom stereocenters. The molecule has 0 fully saturated rings. The van der Waals surface area contributed by atoms with Crippen molar-refractivity contribution in [1.29, 1.82) is 0 Å². The van der Waals surface area contributed by atoms with Crippen molar-refractivity contribution in [3.8, 4) is 0 Å². The number of rotatable bonds is 3.